The summed E-state index contributed by atoms with van der Waals surface area (Å²) < 4.78 is 0.592. The molecule has 0 saturated heterocycles. The maximum atomic E-state index is 13.1. The number of nitrogens with two attached hydrogens (primary N) is 1. The molecule has 0 aliphatic heterocycles. The maximum Gasteiger partial charge on any atom is 0.255 e. The Kier molecular flexibility index (Phi) is 9.99. The summed E-state index contributed by atoms with van der Waals surface area (Å²) >= 11 is 3.61. The number of aliphatic hydroxyl groups is 4. The molecular weight excluding hydrogens is 600 g/mol. The first-order valence-corrected chi connectivity index (χ1v) is 10.2. The molecule has 0 spiro atoms. The quantitative estimate of drug-likeness (QED) is 0.194. The van der Waals surface area contributed by atoms with Crippen molar-refractivity contribution in [1.82, 2.24) is 4.90 Å². The monoisotopic (exact) mass is 621 g/mol. The van der Waals surface area contributed by atoms with E-state index in [0.29, 0.717) is 3.57 Å². The number of amides is 3. The van der Waals surface area contributed by atoms with E-state index >= 15 is 0 Å². The van der Waals surface area contributed by atoms with Crippen LogP contribution in [0.15, 0.2) is 6.07 Å². The third-order valence-electron chi connectivity index (χ3n) is 3.56. The van der Waals surface area contributed by atoms with E-state index in [1.165, 1.54) is 13.0 Å². The molecule has 28 heavy (non-hydrogen) atoms. The van der Waals surface area contributed by atoms with Crippen molar-refractivity contribution < 1.29 is 34.8 Å². The predicted octanol–water partition coefficient (Wildman–Crippen LogP) is -0.898. The molecule has 0 heterocycles. The zero-order valence-corrected chi connectivity index (χ0v) is 19.2. The molecule has 0 bridgehead atoms. The number of benzene rings is 1. The second kappa shape index (κ2) is 11.2. The zero-order valence-electron chi connectivity index (χ0n) is 14.9. The molecule has 7 N–H and O–H groups in total. The number of carbonyl (C=O) groups excluding carboxylic acids is 3. The molecule has 10 nitrogen and oxygen atoms in total. The van der Waals surface area contributed by atoms with Gasteiger partial charge in [-0.05, 0) is 51.2 Å². The molecule has 1 aromatic carbocycles. The molecule has 0 fully saturated rings. The highest BCUT2D eigenvalue weighted by Crippen LogP contribution is 2.31. The summed E-state index contributed by atoms with van der Waals surface area (Å²) in [6, 6.07) is 1.36. The highest BCUT2D eigenvalue weighted by Gasteiger charge is 2.27. The predicted molar refractivity (Wildman–Crippen MR) is 117 cm³/mol. The lowest BCUT2D eigenvalue weighted by atomic mass is 10.1. The van der Waals surface area contributed by atoms with Crippen LogP contribution in [0.25, 0.3) is 0 Å². The molecule has 1 aromatic rings. The molecule has 156 valence electrons. The Labute approximate surface area is 188 Å². The third-order valence-corrected chi connectivity index (χ3v) is 5.80. The minimum absolute atomic E-state index is 0.00819. The first-order chi connectivity index (χ1) is 13.0. The summed E-state index contributed by atoms with van der Waals surface area (Å²) in [5.41, 5.74) is 5.69. The number of aliphatic hydroxyl groups excluding tert-OH is 4. The summed E-state index contributed by atoms with van der Waals surface area (Å²) in [6.07, 6.45) is -2.55. The van der Waals surface area contributed by atoms with Gasteiger partial charge in [-0.25, -0.2) is 0 Å². The number of anilines is 1. The van der Waals surface area contributed by atoms with Gasteiger partial charge in [0, 0.05) is 23.6 Å². The van der Waals surface area contributed by atoms with Gasteiger partial charge in [0.15, 0.2) is 0 Å². The van der Waals surface area contributed by atoms with Crippen LogP contribution in [0.2, 0.25) is 0 Å². The van der Waals surface area contributed by atoms with Crippen LogP contribution in [0.3, 0.4) is 0 Å². The molecule has 0 aliphatic rings. The SMILES string of the molecule is CC(=O)Nc1cc(C(=O)N(CC(O)CO)CC(O)CO)c(I)c(C(N)=O)c1I. The van der Waals surface area contributed by atoms with E-state index in [4.69, 9.17) is 15.9 Å². The molecule has 2 unspecified atom stereocenters. The average Bonchev–Trinajstić information content (AvgIpc) is 2.61. The van der Waals surface area contributed by atoms with Gasteiger partial charge >= 0.3 is 0 Å². The minimum atomic E-state index is -1.28. The van der Waals surface area contributed by atoms with E-state index in [2.05, 4.69) is 5.32 Å². The van der Waals surface area contributed by atoms with Gasteiger partial charge in [0.2, 0.25) is 5.91 Å². The standard InChI is InChI=1S/C16H21I2N3O7/c1-7(24)20-11-2-10(13(17)12(14(11)18)15(19)27)16(28)21(3-8(25)5-22)4-9(26)6-23/h2,8-9,22-23,25-26H,3-6H2,1H3,(H2,19,27)(H,20,24). The second-order valence-corrected chi connectivity index (χ2v) is 8.06. The number of halogens is 2. The zero-order chi connectivity index (χ0) is 21.6. The lowest BCUT2D eigenvalue weighted by Gasteiger charge is -2.27. The molecule has 0 radical (unpaired) electrons. The van der Waals surface area contributed by atoms with Gasteiger partial charge in [0.1, 0.15) is 0 Å². The lowest BCUT2D eigenvalue weighted by Crippen LogP contribution is -2.44. The van der Waals surface area contributed by atoms with E-state index in [-0.39, 0.29) is 33.5 Å². The first kappa shape index (κ1) is 25.0. The van der Waals surface area contributed by atoms with Crippen LogP contribution < -0.4 is 11.1 Å². The number of rotatable bonds is 9. The number of hydrogen-bond donors (Lipinski definition) is 6. The number of nitrogens with one attached hydrogen (secondary N) is 1. The Morgan fingerprint density at radius 1 is 1.11 bits per heavy atom. The highest BCUT2D eigenvalue weighted by atomic mass is 127. The maximum absolute atomic E-state index is 13.1. The normalized spacial score (nSPS) is 13.0. The van der Waals surface area contributed by atoms with Gasteiger partial charge in [-0.3, -0.25) is 14.4 Å². The van der Waals surface area contributed by atoms with Crippen molar-refractivity contribution in [2.75, 3.05) is 31.6 Å². The second-order valence-electron chi connectivity index (χ2n) is 5.90. The fraction of sp³-hybridized carbons (Fsp3) is 0.438. The number of primary amides is 1. The minimum Gasteiger partial charge on any atom is -0.394 e. The summed E-state index contributed by atoms with van der Waals surface area (Å²) in [4.78, 5) is 37.5. The van der Waals surface area contributed by atoms with Crippen LogP contribution >= 0.6 is 45.2 Å². The third kappa shape index (κ3) is 6.48. The number of nitrogens with zero attached hydrogens (tertiary/aromatic N) is 1. The van der Waals surface area contributed by atoms with Gasteiger partial charge in [-0.2, -0.15) is 0 Å². The van der Waals surface area contributed by atoms with Gasteiger partial charge in [-0.1, -0.05) is 0 Å². The van der Waals surface area contributed by atoms with Crippen LogP contribution in [0.4, 0.5) is 5.69 Å². The fourth-order valence-electron chi connectivity index (χ4n) is 2.32. The first-order valence-electron chi connectivity index (χ1n) is 7.99. The Balaban J connectivity index is 3.50. The van der Waals surface area contributed by atoms with Crippen LogP contribution in [-0.4, -0.2) is 81.6 Å². The molecule has 0 saturated carbocycles. The van der Waals surface area contributed by atoms with Crippen LogP contribution in [-0.2, 0) is 4.79 Å². The summed E-state index contributed by atoms with van der Waals surface area (Å²) in [7, 11) is 0. The van der Waals surface area contributed by atoms with Gasteiger partial charge in [0.25, 0.3) is 11.8 Å². The molecule has 3 amide bonds. The Hall–Kier alpha value is -1.07. The highest BCUT2D eigenvalue weighted by molar-refractivity contribution is 14.1. The topological polar surface area (TPSA) is 173 Å². The molecule has 1 rings (SSSR count). The van der Waals surface area contributed by atoms with Gasteiger partial charge in [-0.15, -0.1) is 0 Å². The van der Waals surface area contributed by atoms with E-state index in [9.17, 15) is 24.6 Å². The summed E-state index contributed by atoms with van der Waals surface area (Å²) in [6.45, 7) is -0.619. The molecule has 12 heteroatoms. The van der Waals surface area contributed by atoms with Crippen molar-refractivity contribution in [1.29, 1.82) is 0 Å². The molecular formula is C16H21I2N3O7. The van der Waals surface area contributed by atoms with E-state index in [1.54, 1.807) is 22.6 Å². The van der Waals surface area contributed by atoms with Crippen molar-refractivity contribution in [3.05, 3.63) is 24.3 Å². The fourth-order valence-corrected chi connectivity index (χ4v) is 4.59. The Morgan fingerprint density at radius 2 is 1.61 bits per heavy atom. The van der Waals surface area contributed by atoms with Crippen molar-refractivity contribution in [3.8, 4) is 0 Å². The van der Waals surface area contributed by atoms with Gasteiger partial charge in [0.05, 0.1) is 45.8 Å². The van der Waals surface area contributed by atoms with Crippen LogP contribution in [0.1, 0.15) is 27.6 Å². The molecule has 0 aliphatic carbocycles. The van der Waals surface area contributed by atoms with Crippen LogP contribution in [0, 0.1) is 7.14 Å². The van der Waals surface area contributed by atoms with Crippen molar-refractivity contribution >= 4 is 68.6 Å². The smallest absolute Gasteiger partial charge is 0.255 e. The summed E-state index contributed by atoms with van der Waals surface area (Å²) in [5.74, 6) is -1.90. The largest absolute Gasteiger partial charge is 0.394 e. The van der Waals surface area contributed by atoms with E-state index < -0.39 is 43.1 Å². The molecule has 0 aromatic heterocycles. The number of hydrogen-bond acceptors (Lipinski definition) is 7. The van der Waals surface area contributed by atoms with E-state index in [0.717, 1.165) is 4.90 Å². The number of carbonyl (C=O) groups is 3. The van der Waals surface area contributed by atoms with Crippen molar-refractivity contribution in [3.63, 3.8) is 0 Å². The summed E-state index contributed by atoms with van der Waals surface area (Å²) in [5, 5.41) is 40.1. The molecule has 2 atom stereocenters. The average molecular weight is 621 g/mol. The lowest BCUT2D eigenvalue weighted by molar-refractivity contribution is -0.114. The Morgan fingerprint density at radius 3 is 2.00 bits per heavy atom. The van der Waals surface area contributed by atoms with E-state index in [1.807, 2.05) is 22.6 Å². The Bertz CT molecular complexity index is 748. The van der Waals surface area contributed by atoms with Gasteiger partial charge < -0.3 is 36.4 Å². The van der Waals surface area contributed by atoms with Crippen molar-refractivity contribution in [2.45, 2.75) is 19.1 Å². The van der Waals surface area contributed by atoms with Crippen molar-refractivity contribution in [2.24, 2.45) is 5.73 Å². The van der Waals surface area contributed by atoms with Crippen LogP contribution in [0.5, 0.6) is 0 Å².